The summed E-state index contributed by atoms with van der Waals surface area (Å²) in [5, 5.41) is 3.04. The Labute approximate surface area is 154 Å². The van der Waals surface area contributed by atoms with Gasteiger partial charge in [0.25, 0.3) is 5.91 Å². The van der Waals surface area contributed by atoms with Crippen molar-refractivity contribution >= 4 is 5.91 Å². The smallest absolute Gasteiger partial charge is 0.251 e. The molecule has 0 radical (unpaired) electrons. The van der Waals surface area contributed by atoms with E-state index in [0.717, 1.165) is 11.1 Å². The number of ether oxygens (including phenoxy) is 1. The average molecular weight is 345 g/mol. The predicted molar refractivity (Wildman–Crippen MR) is 104 cm³/mol. The van der Waals surface area contributed by atoms with Gasteiger partial charge >= 0.3 is 0 Å². The summed E-state index contributed by atoms with van der Waals surface area (Å²) in [6.07, 6.45) is 0. The van der Waals surface area contributed by atoms with Gasteiger partial charge in [0.15, 0.2) is 0 Å². The molecule has 0 unspecified atom stereocenters. The molecule has 0 saturated carbocycles. The lowest BCUT2D eigenvalue weighted by Gasteiger charge is -2.15. The molecule has 0 saturated heterocycles. The van der Waals surface area contributed by atoms with Crippen molar-refractivity contribution in [3.05, 3.63) is 101 Å². The molecule has 3 heteroatoms. The Morgan fingerprint density at radius 2 is 1.69 bits per heavy atom. The minimum Gasteiger partial charge on any atom is -0.489 e. The third kappa shape index (κ3) is 4.73. The Balaban J connectivity index is 1.63. The van der Waals surface area contributed by atoms with E-state index in [4.69, 9.17) is 4.74 Å². The van der Waals surface area contributed by atoms with E-state index in [0.29, 0.717) is 17.9 Å². The molecule has 0 aliphatic carbocycles. The number of hydrogen-bond acceptors (Lipinski definition) is 2. The van der Waals surface area contributed by atoms with Crippen molar-refractivity contribution in [1.82, 2.24) is 5.32 Å². The van der Waals surface area contributed by atoms with Gasteiger partial charge in [-0.15, -0.1) is 0 Å². The van der Waals surface area contributed by atoms with Crippen molar-refractivity contribution in [2.45, 2.75) is 26.5 Å². The maximum Gasteiger partial charge on any atom is 0.251 e. The molecular weight excluding hydrogens is 322 g/mol. The zero-order valence-electron chi connectivity index (χ0n) is 15.1. The van der Waals surface area contributed by atoms with Crippen LogP contribution in [-0.4, -0.2) is 5.91 Å². The van der Waals surface area contributed by atoms with Gasteiger partial charge in [-0.2, -0.15) is 0 Å². The van der Waals surface area contributed by atoms with Gasteiger partial charge in [-0.05, 0) is 43.2 Å². The molecule has 0 fully saturated rings. The molecule has 0 aromatic heterocycles. The van der Waals surface area contributed by atoms with Crippen LogP contribution in [0.15, 0.2) is 78.9 Å². The quantitative estimate of drug-likeness (QED) is 0.678. The van der Waals surface area contributed by atoms with Crippen LogP contribution in [0, 0.1) is 6.92 Å². The molecule has 132 valence electrons. The minimum atomic E-state index is -0.108. The summed E-state index contributed by atoms with van der Waals surface area (Å²) >= 11 is 0. The van der Waals surface area contributed by atoms with Crippen molar-refractivity contribution in [3.63, 3.8) is 0 Å². The van der Waals surface area contributed by atoms with Gasteiger partial charge in [-0.3, -0.25) is 4.79 Å². The highest BCUT2D eigenvalue weighted by Crippen LogP contribution is 2.18. The Hall–Kier alpha value is -3.07. The lowest BCUT2D eigenvalue weighted by atomic mass is 10.1. The van der Waals surface area contributed by atoms with E-state index in [1.807, 2.05) is 68.4 Å². The van der Waals surface area contributed by atoms with Crippen molar-refractivity contribution in [2.75, 3.05) is 0 Å². The van der Waals surface area contributed by atoms with Crippen molar-refractivity contribution < 1.29 is 9.53 Å². The van der Waals surface area contributed by atoms with Crippen LogP contribution in [0.3, 0.4) is 0 Å². The summed E-state index contributed by atoms with van der Waals surface area (Å²) < 4.78 is 5.81. The van der Waals surface area contributed by atoms with Crippen LogP contribution in [-0.2, 0) is 6.61 Å². The number of benzene rings is 3. The third-order valence-corrected chi connectivity index (χ3v) is 4.27. The number of carbonyl (C=O) groups excluding carboxylic acids is 1. The van der Waals surface area contributed by atoms with Crippen molar-refractivity contribution in [2.24, 2.45) is 0 Å². The Bertz CT molecular complexity index is 857. The van der Waals surface area contributed by atoms with Gasteiger partial charge in [0, 0.05) is 5.56 Å². The van der Waals surface area contributed by atoms with Crippen LogP contribution in [0.1, 0.15) is 40.0 Å². The van der Waals surface area contributed by atoms with E-state index in [9.17, 15) is 4.79 Å². The third-order valence-electron chi connectivity index (χ3n) is 4.27. The topological polar surface area (TPSA) is 38.3 Å². The van der Waals surface area contributed by atoms with Crippen LogP contribution in [0.5, 0.6) is 5.75 Å². The maximum absolute atomic E-state index is 12.6. The predicted octanol–water partition coefficient (Wildman–Crippen LogP) is 5.07. The number of carbonyl (C=O) groups is 1. The molecule has 1 amide bonds. The highest BCUT2D eigenvalue weighted by molar-refractivity contribution is 5.94. The number of rotatable bonds is 6. The number of amides is 1. The van der Waals surface area contributed by atoms with E-state index >= 15 is 0 Å². The van der Waals surface area contributed by atoms with E-state index < -0.39 is 0 Å². The molecule has 3 nitrogen and oxygen atoms in total. The first-order chi connectivity index (χ1) is 12.6. The van der Waals surface area contributed by atoms with Gasteiger partial charge in [-0.25, -0.2) is 0 Å². The first-order valence-electron chi connectivity index (χ1n) is 8.76. The van der Waals surface area contributed by atoms with Crippen LogP contribution < -0.4 is 10.1 Å². The minimum absolute atomic E-state index is 0.0583. The standard InChI is InChI=1S/C23H23NO2/c1-17-11-13-20(14-12-17)18(2)24-23(25)21-9-6-10-22(15-21)26-16-19-7-4-3-5-8-19/h3-15,18H,16H2,1-2H3,(H,24,25)/t18-/m0/s1. The number of aryl methyl sites for hydroxylation is 1. The first kappa shape index (κ1) is 17.7. The average Bonchev–Trinajstić information content (AvgIpc) is 2.68. The van der Waals surface area contributed by atoms with Gasteiger partial charge in [0.1, 0.15) is 12.4 Å². The van der Waals surface area contributed by atoms with Gasteiger partial charge < -0.3 is 10.1 Å². The molecule has 26 heavy (non-hydrogen) atoms. The summed E-state index contributed by atoms with van der Waals surface area (Å²) in [6, 6.07) is 25.4. The second kappa shape index (κ2) is 8.34. The van der Waals surface area contributed by atoms with Crippen LogP contribution in [0.25, 0.3) is 0 Å². The van der Waals surface area contributed by atoms with Gasteiger partial charge in [-0.1, -0.05) is 66.2 Å². The molecule has 1 N–H and O–H groups in total. The summed E-state index contributed by atoms with van der Waals surface area (Å²) in [5.74, 6) is 0.577. The molecule has 0 aliphatic rings. The molecule has 0 bridgehead atoms. The molecule has 3 aromatic rings. The molecule has 3 aromatic carbocycles. The molecule has 1 atom stereocenters. The fourth-order valence-corrected chi connectivity index (χ4v) is 2.69. The molecule has 0 spiro atoms. The lowest BCUT2D eigenvalue weighted by Crippen LogP contribution is -2.26. The fourth-order valence-electron chi connectivity index (χ4n) is 2.69. The van der Waals surface area contributed by atoms with Crippen LogP contribution in [0.4, 0.5) is 0 Å². The molecular formula is C23H23NO2. The number of nitrogens with one attached hydrogen (secondary N) is 1. The monoisotopic (exact) mass is 345 g/mol. The van der Waals surface area contributed by atoms with Gasteiger partial charge in [0.05, 0.1) is 6.04 Å². The number of hydrogen-bond donors (Lipinski definition) is 1. The highest BCUT2D eigenvalue weighted by atomic mass is 16.5. The lowest BCUT2D eigenvalue weighted by molar-refractivity contribution is 0.0939. The first-order valence-corrected chi connectivity index (χ1v) is 8.76. The van der Waals surface area contributed by atoms with E-state index in [1.165, 1.54) is 5.56 Å². The fraction of sp³-hybridized carbons (Fsp3) is 0.174. The van der Waals surface area contributed by atoms with E-state index in [2.05, 4.69) is 17.4 Å². The summed E-state index contributed by atoms with van der Waals surface area (Å²) in [6.45, 7) is 4.51. The Morgan fingerprint density at radius 1 is 0.962 bits per heavy atom. The zero-order chi connectivity index (χ0) is 18.4. The van der Waals surface area contributed by atoms with Crippen LogP contribution >= 0.6 is 0 Å². The second-order valence-electron chi connectivity index (χ2n) is 6.41. The summed E-state index contributed by atoms with van der Waals surface area (Å²) in [4.78, 5) is 12.6. The van der Waals surface area contributed by atoms with Gasteiger partial charge in [0.2, 0.25) is 0 Å². The second-order valence-corrected chi connectivity index (χ2v) is 6.41. The molecule has 0 aliphatic heterocycles. The summed E-state index contributed by atoms with van der Waals surface area (Å²) in [7, 11) is 0. The van der Waals surface area contributed by atoms with E-state index in [1.54, 1.807) is 12.1 Å². The van der Waals surface area contributed by atoms with Crippen molar-refractivity contribution in [1.29, 1.82) is 0 Å². The van der Waals surface area contributed by atoms with Crippen LogP contribution in [0.2, 0.25) is 0 Å². The largest absolute Gasteiger partial charge is 0.489 e. The molecule has 0 heterocycles. The maximum atomic E-state index is 12.6. The Morgan fingerprint density at radius 3 is 2.42 bits per heavy atom. The molecule has 3 rings (SSSR count). The van der Waals surface area contributed by atoms with E-state index in [-0.39, 0.29) is 11.9 Å². The SMILES string of the molecule is Cc1ccc([C@H](C)NC(=O)c2cccc(OCc3ccccc3)c2)cc1. The van der Waals surface area contributed by atoms with Crippen molar-refractivity contribution in [3.8, 4) is 5.75 Å². The zero-order valence-corrected chi connectivity index (χ0v) is 15.1. The highest BCUT2D eigenvalue weighted by Gasteiger charge is 2.12. The summed E-state index contributed by atoms with van der Waals surface area (Å²) in [5.41, 5.74) is 3.97. The normalized spacial score (nSPS) is 11.6. The Kier molecular flexibility index (Phi) is 5.69.